The van der Waals surface area contributed by atoms with E-state index in [9.17, 15) is 0 Å². The van der Waals surface area contributed by atoms with Gasteiger partial charge in [0.25, 0.3) is 0 Å². The maximum absolute atomic E-state index is 3.29. The smallest absolute Gasteiger partial charge is 0.00201 e. The van der Waals surface area contributed by atoms with Gasteiger partial charge in [0.05, 0.1) is 0 Å². The van der Waals surface area contributed by atoms with Gasteiger partial charge in [-0.1, -0.05) is 58.0 Å². The lowest BCUT2D eigenvalue weighted by molar-refractivity contribution is 0.243. The second kappa shape index (κ2) is 5.49. The van der Waals surface area contributed by atoms with Crippen LogP contribution in [0.1, 0.15) is 39.2 Å². The van der Waals surface area contributed by atoms with E-state index in [0.717, 1.165) is 6.54 Å². The van der Waals surface area contributed by atoms with Crippen molar-refractivity contribution in [3.8, 4) is 0 Å². The monoisotopic (exact) mass is 219 g/mol. The predicted molar refractivity (Wildman–Crippen MR) is 71.7 cm³/mol. The molecule has 0 aliphatic heterocycles. The Kier molecular flexibility index (Phi) is 4.55. The van der Waals surface area contributed by atoms with Crippen LogP contribution in [-0.4, -0.2) is 13.6 Å². The first-order valence-electron chi connectivity index (χ1n) is 6.16. The lowest BCUT2D eigenvalue weighted by Gasteiger charge is -2.36. The quantitative estimate of drug-likeness (QED) is 0.814. The van der Waals surface area contributed by atoms with Gasteiger partial charge in [0.2, 0.25) is 0 Å². The fraction of sp³-hybridized carbons (Fsp3) is 0.600. The summed E-state index contributed by atoms with van der Waals surface area (Å²) in [5.74, 6) is 1.24. The Labute approximate surface area is 100 Å². The lowest BCUT2D eigenvalue weighted by Crippen LogP contribution is -2.30. The molecule has 2 atom stereocenters. The molecule has 0 aliphatic carbocycles. The van der Waals surface area contributed by atoms with Crippen molar-refractivity contribution in [1.29, 1.82) is 0 Å². The minimum Gasteiger partial charge on any atom is -0.319 e. The first-order chi connectivity index (χ1) is 7.46. The van der Waals surface area contributed by atoms with Crippen LogP contribution in [0.3, 0.4) is 0 Å². The molecule has 1 heteroatoms. The Morgan fingerprint density at radius 1 is 1.12 bits per heavy atom. The lowest BCUT2D eigenvalue weighted by atomic mass is 9.70. The molecule has 0 saturated heterocycles. The minimum absolute atomic E-state index is 0.303. The van der Waals surface area contributed by atoms with Gasteiger partial charge in [-0.05, 0) is 36.4 Å². The van der Waals surface area contributed by atoms with Crippen LogP contribution in [0.5, 0.6) is 0 Å². The molecule has 1 aromatic carbocycles. The van der Waals surface area contributed by atoms with Gasteiger partial charge in [0, 0.05) is 0 Å². The Hall–Kier alpha value is -0.820. The maximum Gasteiger partial charge on any atom is -0.00201 e. The summed E-state index contributed by atoms with van der Waals surface area (Å²) in [5.41, 5.74) is 1.76. The maximum atomic E-state index is 3.29. The molecule has 0 unspecified atom stereocenters. The van der Waals surface area contributed by atoms with Crippen LogP contribution in [-0.2, 0) is 0 Å². The molecule has 0 aromatic heterocycles. The Morgan fingerprint density at radius 3 is 2.12 bits per heavy atom. The third-order valence-electron chi connectivity index (χ3n) is 3.19. The average molecular weight is 219 g/mol. The van der Waals surface area contributed by atoms with Crippen LogP contribution in [0.2, 0.25) is 0 Å². The molecule has 0 bridgehead atoms. The Bertz CT molecular complexity index is 297. The highest BCUT2D eigenvalue weighted by Gasteiger charge is 2.30. The fourth-order valence-electron chi connectivity index (χ4n) is 2.78. The van der Waals surface area contributed by atoms with Crippen molar-refractivity contribution in [2.75, 3.05) is 13.6 Å². The molecule has 0 saturated carbocycles. The van der Waals surface area contributed by atoms with Crippen LogP contribution in [0.4, 0.5) is 0 Å². The molecule has 16 heavy (non-hydrogen) atoms. The van der Waals surface area contributed by atoms with Gasteiger partial charge in [-0.3, -0.25) is 0 Å². The average Bonchev–Trinajstić information content (AvgIpc) is 2.17. The third kappa shape index (κ3) is 3.34. The molecule has 0 aliphatic rings. The molecule has 0 fully saturated rings. The van der Waals surface area contributed by atoms with E-state index in [2.05, 4.69) is 63.3 Å². The number of hydrogen-bond acceptors (Lipinski definition) is 1. The Morgan fingerprint density at radius 2 is 1.69 bits per heavy atom. The molecule has 90 valence electrons. The predicted octanol–water partition coefficient (Wildman–Crippen LogP) is 3.67. The van der Waals surface area contributed by atoms with Crippen LogP contribution < -0.4 is 5.32 Å². The molecule has 0 radical (unpaired) electrons. The molecule has 1 rings (SSSR count). The summed E-state index contributed by atoms with van der Waals surface area (Å²) in [6.45, 7) is 10.4. The van der Waals surface area contributed by atoms with Crippen molar-refractivity contribution >= 4 is 0 Å². The second-order valence-electron chi connectivity index (χ2n) is 5.79. The third-order valence-corrected chi connectivity index (χ3v) is 3.19. The number of rotatable bonds is 4. The molecule has 0 spiro atoms. The van der Waals surface area contributed by atoms with Crippen molar-refractivity contribution in [1.82, 2.24) is 5.32 Å². The molecule has 1 nitrogen and oxygen atoms in total. The first-order valence-corrected chi connectivity index (χ1v) is 6.16. The summed E-state index contributed by atoms with van der Waals surface area (Å²) in [5, 5.41) is 3.29. The highest BCUT2D eigenvalue weighted by molar-refractivity contribution is 5.22. The minimum atomic E-state index is 0.303. The standard InChI is InChI=1S/C15H25N/c1-12(11-16-5)14(15(2,3)4)13-9-7-6-8-10-13/h6-10,12,14,16H,11H2,1-5H3/t12-,14+/m1/s1. The van der Waals surface area contributed by atoms with Crippen molar-refractivity contribution in [3.05, 3.63) is 35.9 Å². The van der Waals surface area contributed by atoms with E-state index in [1.807, 2.05) is 7.05 Å². The van der Waals surface area contributed by atoms with Crippen LogP contribution in [0, 0.1) is 11.3 Å². The van der Waals surface area contributed by atoms with Gasteiger partial charge < -0.3 is 5.32 Å². The van der Waals surface area contributed by atoms with Crippen molar-refractivity contribution < 1.29 is 0 Å². The second-order valence-corrected chi connectivity index (χ2v) is 5.79. The summed E-state index contributed by atoms with van der Waals surface area (Å²) >= 11 is 0. The highest BCUT2D eigenvalue weighted by atomic mass is 14.8. The molecule has 1 N–H and O–H groups in total. The highest BCUT2D eigenvalue weighted by Crippen LogP contribution is 2.40. The summed E-state index contributed by atoms with van der Waals surface area (Å²) in [7, 11) is 2.03. The largest absolute Gasteiger partial charge is 0.319 e. The van der Waals surface area contributed by atoms with Gasteiger partial charge >= 0.3 is 0 Å². The zero-order chi connectivity index (χ0) is 12.2. The van der Waals surface area contributed by atoms with Gasteiger partial charge in [0.1, 0.15) is 0 Å². The van der Waals surface area contributed by atoms with Gasteiger partial charge in [0.15, 0.2) is 0 Å². The molecule has 0 amide bonds. The molecule has 1 aromatic rings. The number of hydrogen-bond donors (Lipinski definition) is 1. The van der Waals surface area contributed by atoms with Crippen molar-refractivity contribution in [2.24, 2.45) is 11.3 Å². The van der Waals surface area contributed by atoms with E-state index in [1.165, 1.54) is 5.56 Å². The van der Waals surface area contributed by atoms with E-state index in [0.29, 0.717) is 17.3 Å². The van der Waals surface area contributed by atoms with Crippen molar-refractivity contribution in [2.45, 2.75) is 33.6 Å². The zero-order valence-corrected chi connectivity index (χ0v) is 11.2. The van der Waals surface area contributed by atoms with E-state index < -0.39 is 0 Å². The zero-order valence-electron chi connectivity index (χ0n) is 11.2. The summed E-state index contributed by atoms with van der Waals surface area (Å²) in [6.07, 6.45) is 0. The van der Waals surface area contributed by atoms with Crippen LogP contribution in [0.25, 0.3) is 0 Å². The van der Waals surface area contributed by atoms with Crippen LogP contribution >= 0.6 is 0 Å². The number of nitrogens with one attached hydrogen (secondary N) is 1. The van der Waals surface area contributed by atoms with Gasteiger partial charge in [-0.2, -0.15) is 0 Å². The van der Waals surface area contributed by atoms with E-state index in [1.54, 1.807) is 0 Å². The summed E-state index contributed by atoms with van der Waals surface area (Å²) in [4.78, 5) is 0. The SMILES string of the molecule is CNC[C@@H](C)[C@@H](c1ccccc1)C(C)(C)C. The summed E-state index contributed by atoms with van der Waals surface area (Å²) < 4.78 is 0. The van der Waals surface area contributed by atoms with Crippen LogP contribution in [0.15, 0.2) is 30.3 Å². The molecule has 0 heterocycles. The topological polar surface area (TPSA) is 12.0 Å². The van der Waals surface area contributed by atoms with Gasteiger partial charge in [-0.25, -0.2) is 0 Å². The van der Waals surface area contributed by atoms with E-state index >= 15 is 0 Å². The fourth-order valence-corrected chi connectivity index (χ4v) is 2.78. The number of benzene rings is 1. The normalized spacial score (nSPS) is 15.8. The summed E-state index contributed by atoms with van der Waals surface area (Å²) in [6, 6.07) is 10.9. The van der Waals surface area contributed by atoms with E-state index in [4.69, 9.17) is 0 Å². The van der Waals surface area contributed by atoms with Crippen molar-refractivity contribution in [3.63, 3.8) is 0 Å². The molecular weight excluding hydrogens is 194 g/mol. The first kappa shape index (κ1) is 13.2. The molecular formula is C15H25N. The van der Waals surface area contributed by atoms with E-state index in [-0.39, 0.29) is 0 Å². The Balaban J connectivity index is 2.97. The van der Waals surface area contributed by atoms with Gasteiger partial charge in [-0.15, -0.1) is 0 Å².